The number of allylic oxidation sites excluding steroid dienone is 1. The Morgan fingerprint density at radius 3 is 2.85 bits per heavy atom. The number of carbonyl (C=O) groups is 1. The van der Waals surface area contributed by atoms with Crippen LogP contribution in [0.5, 0.6) is 0 Å². The van der Waals surface area contributed by atoms with Gasteiger partial charge in [0.1, 0.15) is 5.78 Å². The minimum Gasteiger partial charge on any atom is -0.300 e. The van der Waals surface area contributed by atoms with Gasteiger partial charge in [0.05, 0.1) is 0 Å². The molecule has 2 rings (SSSR count). The first-order valence-electron chi connectivity index (χ1n) is 5.47. The molecule has 0 N–H and O–H groups in total. The summed E-state index contributed by atoms with van der Waals surface area (Å²) in [6, 6.07) is 0. The predicted octanol–water partition coefficient (Wildman–Crippen LogP) is 3.10. The third-order valence-corrected chi connectivity index (χ3v) is 3.63. The van der Waals surface area contributed by atoms with E-state index in [1.807, 2.05) is 0 Å². The summed E-state index contributed by atoms with van der Waals surface area (Å²) in [5.74, 6) is 1.83. The number of fused-ring (bicyclic) bond motifs is 1. The van der Waals surface area contributed by atoms with E-state index in [0.29, 0.717) is 17.6 Å². The van der Waals surface area contributed by atoms with Gasteiger partial charge < -0.3 is 0 Å². The van der Waals surface area contributed by atoms with E-state index in [1.165, 1.54) is 24.8 Å². The van der Waals surface area contributed by atoms with Crippen LogP contribution in [-0.2, 0) is 4.79 Å². The summed E-state index contributed by atoms with van der Waals surface area (Å²) in [4.78, 5) is 11.5. The van der Waals surface area contributed by atoms with Crippen molar-refractivity contribution in [1.82, 2.24) is 0 Å². The van der Waals surface area contributed by atoms with Crippen molar-refractivity contribution in [3.05, 3.63) is 12.2 Å². The Morgan fingerprint density at radius 1 is 1.15 bits per heavy atom. The Hall–Kier alpha value is -0.590. The van der Waals surface area contributed by atoms with Crippen molar-refractivity contribution in [2.24, 2.45) is 11.8 Å². The van der Waals surface area contributed by atoms with Gasteiger partial charge in [0.2, 0.25) is 0 Å². The molecule has 0 amide bonds. The second-order valence-corrected chi connectivity index (χ2v) is 4.55. The minimum absolute atomic E-state index is 0.490. The molecule has 13 heavy (non-hydrogen) atoms. The van der Waals surface area contributed by atoms with Crippen LogP contribution in [0.4, 0.5) is 0 Å². The summed E-state index contributed by atoms with van der Waals surface area (Å²) >= 11 is 0. The first kappa shape index (κ1) is 8.98. The molecular formula is C12H18O. The lowest BCUT2D eigenvalue weighted by molar-refractivity contribution is -0.120. The smallest absolute Gasteiger partial charge is 0.133 e. The average molecular weight is 178 g/mol. The fourth-order valence-corrected chi connectivity index (χ4v) is 2.91. The molecule has 2 atom stereocenters. The third-order valence-electron chi connectivity index (χ3n) is 3.63. The molecule has 0 aromatic heterocycles. The zero-order chi connectivity index (χ0) is 9.26. The third kappa shape index (κ3) is 1.84. The van der Waals surface area contributed by atoms with Crippen LogP contribution in [-0.4, -0.2) is 5.78 Å². The highest BCUT2D eigenvalue weighted by atomic mass is 16.1. The van der Waals surface area contributed by atoms with Gasteiger partial charge in [-0.1, -0.05) is 18.6 Å². The molecule has 0 aromatic rings. The van der Waals surface area contributed by atoms with E-state index in [4.69, 9.17) is 0 Å². The van der Waals surface area contributed by atoms with Crippen molar-refractivity contribution in [2.45, 2.75) is 44.9 Å². The maximum absolute atomic E-state index is 11.5. The molecule has 2 aliphatic rings. The number of hydrogen-bond donors (Lipinski definition) is 0. The molecule has 72 valence electrons. The van der Waals surface area contributed by atoms with Crippen LogP contribution in [0.15, 0.2) is 12.2 Å². The first-order valence-corrected chi connectivity index (χ1v) is 5.47. The number of ketones is 1. The molecule has 1 nitrogen and oxygen atoms in total. The van der Waals surface area contributed by atoms with E-state index in [9.17, 15) is 4.79 Å². The van der Waals surface area contributed by atoms with E-state index >= 15 is 0 Å². The zero-order valence-electron chi connectivity index (χ0n) is 8.22. The molecule has 2 saturated carbocycles. The Morgan fingerprint density at radius 2 is 2.00 bits per heavy atom. The summed E-state index contributed by atoms with van der Waals surface area (Å²) in [7, 11) is 0. The maximum atomic E-state index is 11.5. The van der Waals surface area contributed by atoms with Gasteiger partial charge >= 0.3 is 0 Å². The second kappa shape index (κ2) is 3.65. The molecule has 0 spiro atoms. The van der Waals surface area contributed by atoms with Crippen LogP contribution in [0.1, 0.15) is 44.9 Å². The fourth-order valence-electron chi connectivity index (χ4n) is 2.91. The highest BCUT2D eigenvalue weighted by molar-refractivity contribution is 5.78. The Kier molecular flexibility index (Phi) is 2.52. The molecule has 0 radical (unpaired) electrons. The van der Waals surface area contributed by atoms with E-state index < -0.39 is 0 Å². The van der Waals surface area contributed by atoms with Gasteiger partial charge in [-0.25, -0.2) is 0 Å². The summed E-state index contributed by atoms with van der Waals surface area (Å²) in [6.45, 7) is 4.17. The van der Waals surface area contributed by atoms with Gasteiger partial charge in [-0.3, -0.25) is 4.79 Å². The van der Waals surface area contributed by atoms with Gasteiger partial charge in [-0.05, 0) is 37.5 Å². The molecule has 0 heterocycles. The number of Topliss-reactive ketones (excluding diaryl/α,β-unsaturated/α-hetero) is 1. The highest BCUT2D eigenvalue weighted by Gasteiger charge is 2.31. The number of carbonyl (C=O) groups excluding carboxylic acids is 1. The van der Waals surface area contributed by atoms with Crippen molar-refractivity contribution >= 4 is 5.78 Å². The normalized spacial score (nSPS) is 35.4. The van der Waals surface area contributed by atoms with Crippen molar-refractivity contribution in [2.75, 3.05) is 0 Å². The maximum Gasteiger partial charge on any atom is 0.133 e. The SMILES string of the molecule is C=C1CCCC(=O)CC2CCCC12. The van der Waals surface area contributed by atoms with E-state index in [0.717, 1.165) is 25.7 Å². The van der Waals surface area contributed by atoms with Gasteiger partial charge in [0, 0.05) is 12.8 Å². The topological polar surface area (TPSA) is 17.1 Å². The molecule has 0 bridgehead atoms. The summed E-state index contributed by atoms with van der Waals surface area (Å²) in [5, 5.41) is 0. The quantitative estimate of drug-likeness (QED) is 0.521. The van der Waals surface area contributed by atoms with Gasteiger partial charge in [0.15, 0.2) is 0 Å². The molecule has 0 aliphatic heterocycles. The van der Waals surface area contributed by atoms with Crippen molar-refractivity contribution in [3.63, 3.8) is 0 Å². The van der Waals surface area contributed by atoms with Crippen molar-refractivity contribution < 1.29 is 4.79 Å². The van der Waals surface area contributed by atoms with Crippen molar-refractivity contribution in [1.29, 1.82) is 0 Å². The second-order valence-electron chi connectivity index (χ2n) is 4.55. The van der Waals surface area contributed by atoms with E-state index in [1.54, 1.807) is 0 Å². The Bertz CT molecular complexity index is 229. The van der Waals surface area contributed by atoms with Crippen LogP contribution < -0.4 is 0 Å². The van der Waals surface area contributed by atoms with E-state index in [2.05, 4.69) is 6.58 Å². The number of rotatable bonds is 0. The summed E-state index contributed by atoms with van der Waals surface area (Å²) < 4.78 is 0. The fraction of sp³-hybridized carbons (Fsp3) is 0.750. The number of hydrogen-bond acceptors (Lipinski definition) is 1. The molecule has 1 heteroatoms. The predicted molar refractivity (Wildman–Crippen MR) is 53.4 cm³/mol. The van der Waals surface area contributed by atoms with Gasteiger partial charge in [0.25, 0.3) is 0 Å². The zero-order valence-corrected chi connectivity index (χ0v) is 8.22. The lowest BCUT2D eigenvalue weighted by atomic mass is 9.81. The summed E-state index contributed by atoms with van der Waals surface area (Å²) in [6.07, 6.45) is 7.62. The van der Waals surface area contributed by atoms with Crippen LogP contribution >= 0.6 is 0 Å². The van der Waals surface area contributed by atoms with Gasteiger partial charge in [-0.2, -0.15) is 0 Å². The first-order chi connectivity index (χ1) is 6.27. The Labute approximate surface area is 80.2 Å². The largest absolute Gasteiger partial charge is 0.300 e. The van der Waals surface area contributed by atoms with Crippen molar-refractivity contribution in [3.8, 4) is 0 Å². The van der Waals surface area contributed by atoms with E-state index in [-0.39, 0.29) is 0 Å². The highest BCUT2D eigenvalue weighted by Crippen LogP contribution is 2.41. The van der Waals surface area contributed by atoms with Gasteiger partial charge in [-0.15, -0.1) is 0 Å². The molecule has 0 aromatic carbocycles. The standard InChI is InChI=1S/C12H18O/c1-9-4-2-6-11(13)8-10-5-3-7-12(9)10/h10,12H,1-8H2. The summed E-state index contributed by atoms with van der Waals surface area (Å²) in [5.41, 5.74) is 1.43. The van der Waals surface area contributed by atoms with Crippen LogP contribution in [0, 0.1) is 11.8 Å². The molecule has 0 saturated heterocycles. The average Bonchev–Trinajstić information content (AvgIpc) is 2.49. The lowest BCUT2D eigenvalue weighted by Gasteiger charge is -2.24. The molecule has 2 aliphatic carbocycles. The molecule has 2 unspecified atom stereocenters. The minimum atomic E-state index is 0.490. The van der Waals surface area contributed by atoms with Crippen LogP contribution in [0.3, 0.4) is 0 Å². The lowest BCUT2D eigenvalue weighted by Crippen LogP contribution is -2.17. The van der Waals surface area contributed by atoms with Crippen LogP contribution in [0.2, 0.25) is 0 Å². The molecular weight excluding hydrogens is 160 g/mol. The monoisotopic (exact) mass is 178 g/mol. The molecule has 2 fully saturated rings. The Balaban J connectivity index is 2.09. The van der Waals surface area contributed by atoms with Crippen LogP contribution in [0.25, 0.3) is 0 Å².